The van der Waals surface area contributed by atoms with E-state index >= 15 is 0 Å². The first-order valence-electron chi connectivity index (χ1n) is 9.74. The number of likely N-dealkylation sites (tertiary alicyclic amines) is 1. The molecule has 0 aliphatic carbocycles. The highest BCUT2D eigenvalue weighted by Gasteiger charge is 2.27. The van der Waals surface area contributed by atoms with Crippen molar-refractivity contribution in [3.63, 3.8) is 0 Å². The molecule has 29 heavy (non-hydrogen) atoms. The average Bonchev–Trinajstić information content (AvgIpc) is 3.11. The van der Waals surface area contributed by atoms with Gasteiger partial charge >= 0.3 is 6.09 Å². The van der Waals surface area contributed by atoms with Crippen molar-refractivity contribution < 1.29 is 9.53 Å². The van der Waals surface area contributed by atoms with E-state index in [0.29, 0.717) is 24.6 Å². The number of hydrogen-bond acceptors (Lipinski definition) is 7. The molecule has 1 fully saturated rings. The number of hydrogen-bond donors (Lipinski definition) is 1. The first-order chi connectivity index (χ1) is 13.9. The summed E-state index contributed by atoms with van der Waals surface area (Å²) in [5.41, 5.74) is 1.75. The van der Waals surface area contributed by atoms with Gasteiger partial charge in [0.15, 0.2) is 5.65 Å². The third-order valence-electron chi connectivity index (χ3n) is 4.61. The van der Waals surface area contributed by atoms with Crippen LogP contribution in [0.4, 0.5) is 10.6 Å². The smallest absolute Gasteiger partial charge is 0.410 e. The molecule has 0 radical (unpaired) electrons. The first kappa shape index (κ1) is 19.1. The Kier molecular flexibility index (Phi) is 5.04. The molecular formula is C20H25N7O2. The molecule has 4 heterocycles. The van der Waals surface area contributed by atoms with Crippen molar-refractivity contribution in [2.45, 2.75) is 45.3 Å². The van der Waals surface area contributed by atoms with E-state index in [2.05, 4.69) is 25.4 Å². The van der Waals surface area contributed by atoms with Gasteiger partial charge in [-0.15, -0.1) is 0 Å². The number of nitrogens with one attached hydrogen (secondary N) is 1. The molecule has 1 aliphatic heterocycles. The summed E-state index contributed by atoms with van der Waals surface area (Å²) in [5, 5.41) is 7.72. The molecule has 1 aliphatic rings. The number of rotatable bonds is 3. The fraction of sp³-hybridized carbons (Fsp3) is 0.450. The summed E-state index contributed by atoms with van der Waals surface area (Å²) in [5.74, 6) is 0.661. The highest BCUT2D eigenvalue weighted by molar-refractivity contribution is 5.74. The van der Waals surface area contributed by atoms with Crippen molar-refractivity contribution in [1.82, 2.24) is 29.5 Å². The zero-order valence-corrected chi connectivity index (χ0v) is 16.9. The quantitative estimate of drug-likeness (QED) is 0.728. The van der Waals surface area contributed by atoms with Crippen molar-refractivity contribution in [3.8, 4) is 11.3 Å². The molecule has 3 aromatic heterocycles. The molecule has 152 valence electrons. The second kappa shape index (κ2) is 7.65. The van der Waals surface area contributed by atoms with Gasteiger partial charge in [0.25, 0.3) is 0 Å². The molecule has 0 saturated carbocycles. The third kappa shape index (κ3) is 4.44. The zero-order valence-electron chi connectivity index (χ0n) is 16.9. The molecule has 0 spiro atoms. The van der Waals surface area contributed by atoms with Crippen molar-refractivity contribution in [3.05, 3.63) is 37.1 Å². The Labute approximate surface area is 169 Å². The van der Waals surface area contributed by atoms with Crippen LogP contribution in [0.2, 0.25) is 0 Å². The van der Waals surface area contributed by atoms with Crippen LogP contribution in [-0.2, 0) is 4.74 Å². The molecule has 1 amide bonds. The monoisotopic (exact) mass is 395 g/mol. The van der Waals surface area contributed by atoms with Gasteiger partial charge in [-0.05, 0) is 39.7 Å². The summed E-state index contributed by atoms with van der Waals surface area (Å²) in [6.45, 7) is 6.90. The number of aromatic nitrogens is 5. The second-order valence-corrected chi connectivity index (χ2v) is 8.15. The Morgan fingerprint density at radius 3 is 2.97 bits per heavy atom. The summed E-state index contributed by atoms with van der Waals surface area (Å²) in [6.07, 6.45) is 10.3. The Balaban J connectivity index is 1.47. The molecule has 9 nitrogen and oxygen atoms in total. The number of nitrogens with zero attached hydrogens (tertiary/aromatic N) is 6. The van der Waals surface area contributed by atoms with E-state index in [1.807, 2.05) is 33.0 Å². The predicted octanol–water partition coefficient (Wildman–Crippen LogP) is 3.00. The van der Waals surface area contributed by atoms with Crippen LogP contribution in [0.15, 0.2) is 37.1 Å². The van der Waals surface area contributed by atoms with Crippen LogP contribution < -0.4 is 5.32 Å². The lowest BCUT2D eigenvalue weighted by Crippen LogP contribution is -2.47. The minimum Gasteiger partial charge on any atom is -0.444 e. The highest BCUT2D eigenvalue weighted by atomic mass is 16.6. The van der Waals surface area contributed by atoms with Crippen LogP contribution in [0.3, 0.4) is 0 Å². The van der Waals surface area contributed by atoms with E-state index in [0.717, 1.165) is 24.1 Å². The van der Waals surface area contributed by atoms with Gasteiger partial charge < -0.3 is 15.0 Å². The Hall–Kier alpha value is -3.23. The molecule has 0 bridgehead atoms. The average molecular weight is 395 g/mol. The summed E-state index contributed by atoms with van der Waals surface area (Å²) in [4.78, 5) is 27.5. The lowest BCUT2D eigenvalue weighted by molar-refractivity contribution is 0.0206. The lowest BCUT2D eigenvalue weighted by atomic mass is 10.1. The Morgan fingerprint density at radius 2 is 2.14 bits per heavy atom. The maximum absolute atomic E-state index is 12.4. The normalized spacial score (nSPS) is 17.3. The Bertz CT molecular complexity index is 1010. The molecule has 0 aromatic carbocycles. The minimum absolute atomic E-state index is 0.0860. The van der Waals surface area contributed by atoms with Gasteiger partial charge in [-0.1, -0.05) is 0 Å². The van der Waals surface area contributed by atoms with Gasteiger partial charge in [-0.3, -0.25) is 4.98 Å². The fourth-order valence-electron chi connectivity index (χ4n) is 3.37. The third-order valence-corrected chi connectivity index (χ3v) is 4.61. The van der Waals surface area contributed by atoms with Crippen molar-refractivity contribution in [1.29, 1.82) is 0 Å². The summed E-state index contributed by atoms with van der Waals surface area (Å²) in [6, 6.07) is 1.91. The molecule has 1 atom stereocenters. The van der Waals surface area contributed by atoms with Gasteiger partial charge in [0.2, 0.25) is 0 Å². The summed E-state index contributed by atoms with van der Waals surface area (Å²) >= 11 is 0. The fourth-order valence-corrected chi connectivity index (χ4v) is 3.37. The number of carbonyl (C=O) groups is 1. The molecular weight excluding hydrogens is 370 g/mol. The van der Waals surface area contributed by atoms with Crippen LogP contribution in [0.1, 0.15) is 33.6 Å². The van der Waals surface area contributed by atoms with E-state index in [1.54, 1.807) is 34.2 Å². The number of piperidine rings is 1. The molecule has 1 saturated heterocycles. The lowest BCUT2D eigenvalue weighted by Gasteiger charge is -2.34. The van der Waals surface area contributed by atoms with Gasteiger partial charge in [0.05, 0.1) is 29.8 Å². The summed E-state index contributed by atoms with van der Waals surface area (Å²) in [7, 11) is 0. The molecule has 1 N–H and O–H groups in total. The van der Waals surface area contributed by atoms with Gasteiger partial charge in [-0.25, -0.2) is 19.3 Å². The minimum atomic E-state index is -0.500. The SMILES string of the molecule is CC(C)(C)OC(=O)N1CCC[C@@H](Nc2cncc(-c3cnn4cccnc34)n2)C1. The second-order valence-electron chi connectivity index (χ2n) is 8.15. The van der Waals surface area contributed by atoms with Gasteiger partial charge in [-0.2, -0.15) is 5.10 Å². The van der Waals surface area contributed by atoms with E-state index in [4.69, 9.17) is 4.74 Å². The van der Waals surface area contributed by atoms with Crippen LogP contribution in [0.25, 0.3) is 16.9 Å². The maximum Gasteiger partial charge on any atom is 0.410 e. The topological polar surface area (TPSA) is 97.5 Å². The highest BCUT2D eigenvalue weighted by Crippen LogP contribution is 2.23. The maximum atomic E-state index is 12.4. The molecule has 9 heteroatoms. The number of carbonyl (C=O) groups excluding carboxylic acids is 1. The number of amides is 1. The number of fused-ring (bicyclic) bond motifs is 1. The standard InChI is InChI=1S/C20H25N7O2/c1-20(2,3)29-19(28)26-8-4-6-14(13-26)24-17-12-21-11-16(25-17)15-10-23-27-9-5-7-22-18(15)27/h5,7,9-12,14H,4,6,8,13H2,1-3H3,(H,24,25)/t14-/m1/s1. The number of ether oxygens (including phenoxy) is 1. The largest absolute Gasteiger partial charge is 0.444 e. The van der Waals surface area contributed by atoms with Crippen molar-refractivity contribution in [2.24, 2.45) is 0 Å². The zero-order chi connectivity index (χ0) is 20.4. The van der Waals surface area contributed by atoms with E-state index in [1.165, 1.54) is 0 Å². The molecule has 0 unspecified atom stereocenters. The van der Waals surface area contributed by atoms with Crippen molar-refractivity contribution >= 4 is 17.6 Å². The Morgan fingerprint density at radius 1 is 1.28 bits per heavy atom. The van der Waals surface area contributed by atoms with Gasteiger partial charge in [0, 0.05) is 31.5 Å². The van der Waals surface area contributed by atoms with E-state index in [-0.39, 0.29) is 12.1 Å². The van der Waals surface area contributed by atoms with Crippen LogP contribution in [0, 0.1) is 0 Å². The van der Waals surface area contributed by atoms with Gasteiger partial charge in [0.1, 0.15) is 11.4 Å². The number of anilines is 1. The summed E-state index contributed by atoms with van der Waals surface area (Å²) < 4.78 is 7.21. The molecule has 4 rings (SSSR count). The van der Waals surface area contributed by atoms with Crippen molar-refractivity contribution in [2.75, 3.05) is 18.4 Å². The molecule has 3 aromatic rings. The van der Waals surface area contributed by atoms with Crippen LogP contribution in [-0.4, -0.2) is 60.3 Å². The first-order valence-corrected chi connectivity index (χ1v) is 9.74. The van der Waals surface area contributed by atoms with Crippen LogP contribution in [0.5, 0.6) is 0 Å². The van der Waals surface area contributed by atoms with E-state index in [9.17, 15) is 4.79 Å². The van der Waals surface area contributed by atoms with Crippen LogP contribution >= 0.6 is 0 Å². The predicted molar refractivity (Wildman–Crippen MR) is 108 cm³/mol. The van der Waals surface area contributed by atoms with E-state index < -0.39 is 5.60 Å².